The van der Waals surface area contributed by atoms with E-state index in [0.717, 1.165) is 34.9 Å². The van der Waals surface area contributed by atoms with Gasteiger partial charge in [0, 0.05) is 28.8 Å². The van der Waals surface area contributed by atoms with Gasteiger partial charge in [-0.3, -0.25) is 0 Å². The van der Waals surface area contributed by atoms with Crippen molar-refractivity contribution in [3.05, 3.63) is 28.8 Å². The number of rotatable bonds is 0. The molecule has 2 heterocycles. The van der Waals surface area contributed by atoms with Crippen molar-refractivity contribution >= 4 is 23.4 Å². The van der Waals surface area contributed by atoms with Gasteiger partial charge in [0.1, 0.15) is 11.4 Å². The molecule has 3 rings (SSSR count). The van der Waals surface area contributed by atoms with Crippen LogP contribution < -0.4 is 10.5 Å². The van der Waals surface area contributed by atoms with Gasteiger partial charge < -0.3 is 10.5 Å². The molecule has 1 fully saturated rings. The molecule has 4 heteroatoms. The Hall–Kier alpha value is -0.380. The summed E-state index contributed by atoms with van der Waals surface area (Å²) in [6.07, 6.45) is 3.25. The maximum atomic E-state index is 6.27. The van der Waals surface area contributed by atoms with Crippen LogP contribution in [0.4, 0.5) is 0 Å². The van der Waals surface area contributed by atoms with Crippen LogP contribution in [0.1, 0.15) is 30.9 Å². The largest absolute Gasteiger partial charge is 0.486 e. The summed E-state index contributed by atoms with van der Waals surface area (Å²) in [5.41, 5.74) is 7.29. The van der Waals surface area contributed by atoms with Gasteiger partial charge in [-0.15, -0.1) is 0 Å². The lowest BCUT2D eigenvalue weighted by atomic mass is 9.85. The molecule has 2 aliphatic heterocycles. The predicted molar refractivity (Wildman–Crippen MR) is 72.9 cm³/mol. The Kier molecular flexibility index (Phi) is 3.01. The Bertz CT molecular complexity index is 431. The molecule has 1 spiro atoms. The van der Waals surface area contributed by atoms with E-state index in [4.69, 9.17) is 22.1 Å². The summed E-state index contributed by atoms with van der Waals surface area (Å²) in [6.45, 7) is 0. The van der Waals surface area contributed by atoms with Crippen LogP contribution in [0.15, 0.2) is 18.2 Å². The summed E-state index contributed by atoms with van der Waals surface area (Å²) in [4.78, 5) is 0. The maximum absolute atomic E-state index is 6.27. The average molecular weight is 270 g/mol. The lowest BCUT2D eigenvalue weighted by Gasteiger charge is -2.43. The molecule has 2 atom stereocenters. The molecule has 0 aliphatic carbocycles. The maximum Gasteiger partial charge on any atom is 0.125 e. The van der Waals surface area contributed by atoms with E-state index >= 15 is 0 Å². The van der Waals surface area contributed by atoms with E-state index in [9.17, 15) is 0 Å². The van der Waals surface area contributed by atoms with Gasteiger partial charge in [0.2, 0.25) is 0 Å². The third kappa shape index (κ3) is 2.16. The zero-order valence-corrected chi connectivity index (χ0v) is 11.2. The number of nitrogens with two attached hydrogens (primary N) is 1. The van der Waals surface area contributed by atoms with E-state index in [-0.39, 0.29) is 11.6 Å². The molecule has 17 heavy (non-hydrogen) atoms. The van der Waals surface area contributed by atoms with Crippen molar-refractivity contribution in [2.75, 3.05) is 11.5 Å². The molecule has 1 aromatic carbocycles. The van der Waals surface area contributed by atoms with E-state index in [1.165, 1.54) is 12.2 Å². The Balaban J connectivity index is 1.94. The normalized spacial score (nSPS) is 32.0. The second kappa shape index (κ2) is 4.38. The summed E-state index contributed by atoms with van der Waals surface area (Å²) in [5.74, 6) is 3.23. The number of halogens is 1. The summed E-state index contributed by atoms with van der Waals surface area (Å²) in [5, 5.41) is 0.733. The minimum absolute atomic E-state index is 0.0385. The van der Waals surface area contributed by atoms with E-state index in [2.05, 4.69) is 0 Å². The zero-order valence-electron chi connectivity index (χ0n) is 9.62. The molecule has 1 saturated heterocycles. The quantitative estimate of drug-likeness (QED) is 0.784. The Morgan fingerprint density at radius 2 is 2.35 bits per heavy atom. The Labute approximate surface area is 111 Å². The fraction of sp³-hybridized carbons (Fsp3) is 0.538. The lowest BCUT2D eigenvalue weighted by Crippen LogP contribution is -2.46. The van der Waals surface area contributed by atoms with Gasteiger partial charge in [-0.25, -0.2) is 0 Å². The molecule has 2 nitrogen and oxygen atoms in total. The summed E-state index contributed by atoms with van der Waals surface area (Å²) in [7, 11) is 0. The minimum Gasteiger partial charge on any atom is -0.486 e. The van der Waals surface area contributed by atoms with Gasteiger partial charge in [0.15, 0.2) is 0 Å². The summed E-state index contributed by atoms with van der Waals surface area (Å²) < 4.78 is 6.23. The third-order valence-corrected chi connectivity index (χ3v) is 5.12. The van der Waals surface area contributed by atoms with Crippen LogP contribution in [-0.2, 0) is 0 Å². The van der Waals surface area contributed by atoms with Gasteiger partial charge >= 0.3 is 0 Å². The second-order valence-corrected chi connectivity index (χ2v) is 6.48. The fourth-order valence-electron chi connectivity index (χ4n) is 2.76. The number of hydrogen-bond donors (Lipinski definition) is 1. The number of ether oxygens (including phenoxy) is 1. The van der Waals surface area contributed by atoms with E-state index in [1.807, 2.05) is 30.0 Å². The highest BCUT2D eigenvalue weighted by Crippen LogP contribution is 2.44. The molecular weight excluding hydrogens is 254 g/mol. The molecule has 1 unspecified atom stereocenters. The first-order valence-electron chi connectivity index (χ1n) is 6.00. The molecule has 92 valence electrons. The van der Waals surface area contributed by atoms with Crippen molar-refractivity contribution in [2.45, 2.75) is 30.9 Å². The van der Waals surface area contributed by atoms with Crippen molar-refractivity contribution < 1.29 is 4.74 Å². The van der Waals surface area contributed by atoms with Crippen molar-refractivity contribution in [2.24, 2.45) is 5.73 Å². The number of hydrogen-bond acceptors (Lipinski definition) is 3. The first-order chi connectivity index (χ1) is 8.19. The number of fused-ring (bicyclic) bond motifs is 1. The van der Waals surface area contributed by atoms with Crippen molar-refractivity contribution in [3.63, 3.8) is 0 Å². The monoisotopic (exact) mass is 269 g/mol. The molecule has 0 aromatic heterocycles. The van der Waals surface area contributed by atoms with Gasteiger partial charge in [-0.2, -0.15) is 11.8 Å². The van der Waals surface area contributed by atoms with Crippen LogP contribution in [-0.4, -0.2) is 17.1 Å². The van der Waals surface area contributed by atoms with Crippen LogP contribution in [0.2, 0.25) is 5.02 Å². The van der Waals surface area contributed by atoms with E-state index in [1.54, 1.807) is 0 Å². The highest BCUT2D eigenvalue weighted by Gasteiger charge is 2.41. The van der Waals surface area contributed by atoms with Gasteiger partial charge in [0.05, 0.1) is 0 Å². The molecule has 2 N–H and O–H groups in total. The molecular formula is C13H16ClNOS. The van der Waals surface area contributed by atoms with Crippen molar-refractivity contribution in [3.8, 4) is 5.75 Å². The Morgan fingerprint density at radius 3 is 3.12 bits per heavy atom. The highest BCUT2D eigenvalue weighted by atomic mass is 35.5. The highest BCUT2D eigenvalue weighted by molar-refractivity contribution is 7.99. The van der Waals surface area contributed by atoms with Crippen LogP contribution in [0, 0.1) is 0 Å². The van der Waals surface area contributed by atoms with Crippen molar-refractivity contribution in [1.82, 2.24) is 0 Å². The smallest absolute Gasteiger partial charge is 0.125 e. The first kappa shape index (κ1) is 11.7. The van der Waals surface area contributed by atoms with Gasteiger partial charge in [-0.05, 0) is 36.8 Å². The Morgan fingerprint density at radius 1 is 1.47 bits per heavy atom. The SMILES string of the molecule is N[C@@H]1CC2(CCCSC2)Oc2ccc(Cl)cc21. The van der Waals surface area contributed by atoms with Gasteiger partial charge in [-0.1, -0.05) is 11.6 Å². The van der Waals surface area contributed by atoms with Crippen LogP contribution >= 0.6 is 23.4 Å². The number of benzene rings is 1. The lowest BCUT2D eigenvalue weighted by molar-refractivity contribution is 0.0472. The third-order valence-electron chi connectivity index (χ3n) is 3.58. The molecule has 1 aromatic rings. The van der Waals surface area contributed by atoms with Crippen LogP contribution in [0.3, 0.4) is 0 Å². The first-order valence-corrected chi connectivity index (χ1v) is 7.54. The van der Waals surface area contributed by atoms with E-state index in [0.29, 0.717) is 0 Å². The second-order valence-electron chi connectivity index (χ2n) is 4.93. The standard InChI is InChI=1S/C13H16ClNOS/c14-9-2-3-12-10(6-9)11(15)7-13(16-12)4-1-5-17-8-13/h2-3,6,11H,1,4-5,7-8,15H2/t11-,13?/m1/s1. The molecule has 0 saturated carbocycles. The predicted octanol–water partition coefficient (Wildman–Crippen LogP) is 3.39. The van der Waals surface area contributed by atoms with Gasteiger partial charge in [0.25, 0.3) is 0 Å². The molecule has 2 aliphatic rings. The molecule has 0 radical (unpaired) electrons. The van der Waals surface area contributed by atoms with Crippen LogP contribution in [0.25, 0.3) is 0 Å². The summed E-state index contributed by atoms with van der Waals surface area (Å²) in [6, 6.07) is 5.82. The number of thioether (sulfide) groups is 1. The fourth-order valence-corrected chi connectivity index (χ4v) is 4.12. The zero-order chi connectivity index (χ0) is 11.9. The molecule has 0 bridgehead atoms. The minimum atomic E-state index is -0.0385. The van der Waals surface area contributed by atoms with Crippen LogP contribution in [0.5, 0.6) is 5.75 Å². The average Bonchev–Trinajstić information content (AvgIpc) is 2.31. The summed E-state index contributed by atoms with van der Waals surface area (Å²) >= 11 is 7.98. The molecule has 0 amide bonds. The van der Waals surface area contributed by atoms with E-state index < -0.39 is 0 Å². The van der Waals surface area contributed by atoms with Crippen molar-refractivity contribution in [1.29, 1.82) is 0 Å². The topological polar surface area (TPSA) is 35.2 Å².